The smallest absolute Gasteiger partial charge is 0.260 e. The van der Waals surface area contributed by atoms with E-state index in [4.69, 9.17) is 0 Å². The SMILES string of the molecule is CC.Cc1nn(-c2cc(=O)[nH]s2)c(C)c1C. The van der Waals surface area contributed by atoms with Crippen LogP contribution in [0.25, 0.3) is 5.00 Å². The fourth-order valence-electron chi connectivity index (χ4n) is 1.31. The Kier molecular flexibility index (Phi) is 4.06. The van der Waals surface area contributed by atoms with E-state index in [1.165, 1.54) is 17.1 Å². The lowest BCUT2D eigenvalue weighted by Gasteiger charge is -1.97. The van der Waals surface area contributed by atoms with E-state index in [2.05, 4.69) is 9.47 Å². The van der Waals surface area contributed by atoms with Gasteiger partial charge in [-0.05, 0) is 37.9 Å². The van der Waals surface area contributed by atoms with Crippen molar-refractivity contribution in [1.29, 1.82) is 0 Å². The van der Waals surface area contributed by atoms with E-state index in [-0.39, 0.29) is 5.56 Å². The van der Waals surface area contributed by atoms with Gasteiger partial charge >= 0.3 is 0 Å². The van der Waals surface area contributed by atoms with Gasteiger partial charge in [-0.25, -0.2) is 4.68 Å². The zero-order chi connectivity index (χ0) is 12.3. The molecule has 0 aromatic carbocycles. The van der Waals surface area contributed by atoms with Crippen molar-refractivity contribution in [3.05, 3.63) is 33.4 Å². The lowest BCUT2D eigenvalue weighted by Crippen LogP contribution is -1.98. The van der Waals surface area contributed by atoms with E-state index in [0.717, 1.165) is 16.4 Å². The number of aromatic amines is 1. The molecule has 16 heavy (non-hydrogen) atoms. The van der Waals surface area contributed by atoms with Crippen molar-refractivity contribution in [1.82, 2.24) is 14.2 Å². The topological polar surface area (TPSA) is 50.7 Å². The predicted octanol–water partition coefficient (Wildman–Crippen LogP) is 2.57. The summed E-state index contributed by atoms with van der Waals surface area (Å²) in [6.45, 7) is 10.00. The molecule has 0 atom stereocenters. The molecule has 2 heterocycles. The van der Waals surface area contributed by atoms with Crippen LogP contribution >= 0.6 is 11.5 Å². The molecule has 88 valence electrons. The molecule has 0 saturated carbocycles. The van der Waals surface area contributed by atoms with Crippen LogP contribution < -0.4 is 5.56 Å². The lowest BCUT2D eigenvalue weighted by atomic mass is 10.2. The van der Waals surface area contributed by atoms with Crippen LogP contribution in [-0.4, -0.2) is 14.2 Å². The lowest BCUT2D eigenvalue weighted by molar-refractivity contribution is 0.847. The summed E-state index contributed by atoms with van der Waals surface area (Å²) < 4.78 is 4.45. The Bertz CT molecular complexity index is 522. The van der Waals surface area contributed by atoms with Crippen LogP contribution in [0.3, 0.4) is 0 Å². The van der Waals surface area contributed by atoms with Gasteiger partial charge in [0, 0.05) is 11.8 Å². The van der Waals surface area contributed by atoms with Gasteiger partial charge < -0.3 is 0 Å². The monoisotopic (exact) mass is 239 g/mol. The number of hydrogen-bond donors (Lipinski definition) is 1. The number of H-pyrrole nitrogens is 1. The summed E-state index contributed by atoms with van der Waals surface area (Å²) in [4.78, 5) is 11.0. The summed E-state index contributed by atoms with van der Waals surface area (Å²) in [5.41, 5.74) is 3.18. The van der Waals surface area contributed by atoms with Crippen molar-refractivity contribution < 1.29 is 0 Å². The van der Waals surface area contributed by atoms with Crippen LogP contribution in [0.2, 0.25) is 0 Å². The van der Waals surface area contributed by atoms with Crippen LogP contribution in [0.4, 0.5) is 0 Å². The first-order valence-corrected chi connectivity index (χ1v) is 6.13. The van der Waals surface area contributed by atoms with Gasteiger partial charge in [0.05, 0.1) is 5.69 Å². The molecule has 0 amide bonds. The van der Waals surface area contributed by atoms with E-state index in [9.17, 15) is 4.79 Å². The van der Waals surface area contributed by atoms with Gasteiger partial charge in [-0.3, -0.25) is 9.17 Å². The summed E-state index contributed by atoms with van der Waals surface area (Å²) in [7, 11) is 0. The van der Waals surface area contributed by atoms with Crippen LogP contribution in [-0.2, 0) is 0 Å². The zero-order valence-electron chi connectivity index (χ0n) is 10.3. The third-order valence-corrected chi connectivity index (χ3v) is 3.18. The standard InChI is InChI=1S/C9H11N3OS.C2H6/c1-5-6(2)10-12(7(5)3)9-4-8(13)11-14-9;1-2/h4H,1-3H3,(H,11,13);1-2H3. The summed E-state index contributed by atoms with van der Waals surface area (Å²) in [5, 5.41) is 5.20. The molecule has 0 saturated heterocycles. The summed E-state index contributed by atoms with van der Waals surface area (Å²) >= 11 is 1.30. The molecule has 0 aliphatic carbocycles. The third-order valence-electron chi connectivity index (χ3n) is 2.37. The Morgan fingerprint density at radius 2 is 1.94 bits per heavy atom. The van der Waals surface area contributed by atoms with Gasteiger partial charge in [0.15, 0.2) is 0 Å². The van der Waals surface area contributed by atoms with E-state index < -0.39 is 0 Å². The largest absolute Gasteiger partial charge is 0.276 e. The molecule has 1 N–H and O–H groups in total. The second-order valence-electron chi connectivity index (χ2n) is 3.26. The van der Waals surface area contributed by atoms with Crippen molar-refractivity contribution in [3.63, 3.8) is 0 Å². The Labute approximate surface area is 99.1 Å². The highest BCUT2D eigenvalue weighted by molar-refractivity contribution is 7.08. The van der Waals surface area contributed by atoms with E-state index in [1.807, 2.05) is 34.6 Å². The molecule has 2 aromatic rings. The van der Waals surface area contributed by atoms with Crippen LogP contribution in [0.5, 0.6) is 0 Å². The van der Waals surface area contributed by atoms with Gasteiger partial charge in [-0.15, -0.1) is 0 Å². The molecule has 2 aromatic heterocycles. The Morgan fingerprint density at radius 1 is 1.31 bits per heavy atom. The molecule has 0 radical (unpaired) electrons. The molecule has 0 unspecified atom stereocenters. The first-order valence-electron chi connectivity index (χ1n) is 5.31. The number of aromatic nitrogens is 3. The molecule has 2 rings (SSSR count). The van der Waals surface area contributed by atoms with Gasteiger partial charge in [0.1, 0.15) is 5.00 Å². The summed E-state index contributed by atoms with van der Waals surface area (Å²) in [5.74, 6) is 0. The maximum atomic E-state index is 11.0. The maximum absolute atomic E-state index is 11.0. The molecule has 0 bridgehead atoms. The molecular formula is C11H17N3OS. The van der Waals surface area contributed by atoms with Crippen molar-refractivity contribution >= 4 is 11.5 Å². The number of rotatable bonds is 1. The van der Waals surface area contributed by atoms with E-state index in [0.29, 0.717) is 0 Å². The second kappa shape index (κ2) is 5.12. The normalized spacial score (nSPS) is 9.81. The molecule has 4 nitrogen and oxygen atoms in total. The highest BCUT2D eigenvalue weighted by Crippen LogP contribution is 2.17. The minimum atomic E-state index is -0.0739. The maximum Gasteiger partial charge on any atom is 0.260 e. The van der Waals surface area contributed by atoms with Gasteiger partial charge in [-0.2, -0.15) is 5.10 Å². The quantitative estimate of drug-likeness (QED) is 0.831. The van der Waals surface area contributed by atoms with Gasteiger partial charge in [-0.1, -0.05) is 13.8 Å². The van der Waals surface area contributed by atoms with Crippen LogP contribution in [0.15, 0.2) is 10.9 Å². The summed E-state index contributed by atoms with van der Waals surface area (Å²) in [6, 6.07) is 1.56. The van der Waals surface area contributed by atoms with Gasteiger partial charge in [0.2, 0.25) is 0 Å². The number of hydrogen-bond acceptors (Lipinski definition) is 3. The third kappa shape index (κ3) is 2.24. The summed E-state index contributed by atoms with van der Waals surface area (Å²) in [6.07, 6.45) is 0. The number of nitrogens with one attached hydrogen (secondary N) is 1. The molecule has 0 spiro atoms. The van der Waals surface area contributed by atoms with Crippen LogP contribution in [0.1, 0.15) is 30.8 Å². The van der Waals surface area contributed by atoms with E-state index in [1.54, 1.807) is 10.7 Å². The molecule has 0 fully saturated rings. The highest BCUT2D eigenvalue weighted by Gasteiger charge is 2.10. The molecule has 0 aliphatic rings. The van der Waals surface area contributed by atoms with Crippen molar-refractivity contribution in [3.8, 4) is 5.00 Å². The van der Waals surface area contributed by atoms with Crippen LogP contribution in [0, 0.1) is 20.8 Å². The minimum Gasteiger partial charge on any atom is -0.276 e. The number of aryl methyl sites for hydroxylation is 1. The van der Waals surface area contributed by atoms with Crippen molar-refractivity contribution in [2.45, 2.75) is 34.6 Å². The zero-order valence-corrected chi connectivity index (χ0v) is 11.1. The average Bonchev–Trinajstić information content (AvgIpc) is 2.81. The fourth-order valence-corrected chi connectivity index (χ4v) is 2.01. The first kappa shape index (κ1) is 12.7. The Balaban J connectivity index is 0.000000606. The van der Waals surface area contributed by atoms with Crippen molar-refractivity contribution in [2.24, 2.45) is 0 Å². The number of nitrogens with zero attached hydrogens (tertiary/aromatic N) is 2. The Hall–Kier alpha value is -1.36. The van der Waals surface area contributed by atoms with Gasteiger partial charge in [0.25, 0.3) is 5.56 Å². The molecule has 5 heteroatoms. The second-order valence-corrected chi connectivity index (χ2v) is 4.09. The predicted molar refractivity (Wildman–Crippen MR) is 67.6 cm³/mol. The van der Waals surface area contributed by atoms with E-state index >= 15 is 0 Å². The van der Waals surface area contributed by atoms with Crippen molar-refractivity contribution in [2.75, 3.05) is 0 Å². The highest BCUT2D eigenvalue weighted by atomic mass is 32.1. The molecular weight excluding hydrogens is 222 g/mol. The fraction of sp³-hybridized carbons (Fsp3) is 0.455. The minimum absolute atomic E-state index is 0.0739. The Morgan fingerprint density at radius 3 is 2.31 bits per heavy atom. The first-order chi connectivity index (χ1) is 7.59. The molecule has 0 aliphatic heterocycles. The average molecular weight is 239 g/mol.